The van der Waals surface area contributed by atoms with Crippen molar-refractivity contribution >= 4 is 15.9 Å². The molecule has 2 rings (SSSR count). The van der Waals surface area contributed by atoms with E-state index in [-0.39, 0.29) is 0 Å². The maximum absolute atomic E-state index is 8.80. The Kier molecular flexibility index (Phi) is 3.30. The zero-order valence-corrected chi connectivity index (χ0v) is 11.3. The molecule has 0 atom stereocenters. The lowest BCUT2D eigenvalue weighted by atomic mass is 10.1. The number of hydrogen-bond acceptors (Lipinski definition) is 2. The van der Waals surface area contributed by atoms with Gasteiger partial charge in [0.2, 0.25) is 0 Å². The second-order valence-electron chi connectivity index (χ2n) is 3.88. The molecule has 1 aromatic carbocycles. The van der Waals surface area contributed by atoms with Gasteiger partial charge in [0.25, 0.3) is 0 Å². The van der Waals surface area contributed by atoms with Crippen molar-refractivity contribution in [1.29, 1.82) is 5.26 Å². The summed E-state index contributed by atoms with van der Waals surface area (Å²) in [4.78, 5) is 0. The molecule has 0 saturated heterocycles. The van der Waals surface area contributed by atoms with Gasteiger partial charge in [0.05, 0.1) is 23.9 Å². The van der Waals surface area contributed by atoms with Gasteiger partial charge in [0.1, 0.15) is 0 Å². The van der Waals surface area contributed by atoms with Crippen LogP contribution in [0.2, 0.25) is 0 Å². The average molecular weight is 290 g/mol. The highest BCUT2D eigenvalue weighted by molar-refractivity contribution is 9.10. The molecule has 0 spiro atoms. The molecule has 0 aliphatic heterocycles. The van der Waals surface area contributed by atoms with Gasteiger partial charge >= 0.3 is 0 Å². The minimum Gasteiger partial charge on any atom is -0.237 e. The van der Waals surface area contributed by atoms with E-state index < -0.39 is 0 Å². The first-order valence-corrected chi connectivity index (χ1v) is 6.10. The van der Waals surface area contributed by atoms with Crippen LogP contribution in [0.5, 0.6) is 0 Å². The van der Waals surface area contributed by atoms with E-state index in [4.69, 9.17) is 5.26 Å². The molecule has 0 bridgehead atoms. The molecule has 0 unspecified atom stereocenters. The first kappa shape index (κ1) is 11.9. The molecule has 0 saturated carbocycles. The Balaban J connectivity index is 2.54. The topological polar surface area (TPSA) is 41.6 Å². The number of aromatic nitrogens is 2. The average Bonchev–Trinajstić information content (AvgIpc) is 2.57. The SMILES string of the molecule is Cc1nn(-c2cccc(Br)c2)c(C)c1CC#N. The molecule has 0 amide bonds. The van der Waals surface area contributed by atoms with Crippen LogP contribution < -0.4 is 0 Å². The van der Waals surface area contributed by atoms with Gasteiger partial charge in [-0.2, -0.15) is 10.4 Å². The number of benzene rings is 1. The summed E-state index contributed by atoms with van der Waals surface area (Å²) in [6, 6.07) is 10.1. The van der Waals surface area contributed by atoms with Gasteiger partial charge in [-0.15, -0.1) is 0 Å². The Hall–Kier alpha value is -1.60. The van der Waals surface area contributed by atoms with Crippen LogP contribution in [0.25, 0.3) is 5.69 Å². The van der Waals surface area contributed by atoms with E-state index in [1.54, 1.807) is 0 Å². The van der Waals surface area contributed by atoms with Crippen molar-refractivity contribution < 1.29 is 0 Å². The van der Waals surface area contributed by atoms with Gasteiger partial charge in [-0.25, -0.2) is 4.68 Å². The van der Waals surface area contributed by atoms with Gasteiger partial charge in [-0.1, -0.05) is 22.0 Å². The largest absolute Gasteiger partial charge is 0.237 e. The highest BCUT2D eigenvalue weighted by atomic mass is 79.9. The minimum absolute atomic E-state index is 0.408. The fourth-order valence-corrected chi connectivity index (χ4v) is 2.26. The third-order valence-corrected chi connectivity index (χ3v) is 3.24. The van der Waals surface area contributed by atoms with Crippen LogP contribution in [-0.4, -0.2) is 9.78 Å². The van der Waals surface area contributed by atoms with Crippen molar-refractivity contribution in [1.82, 2.24) is 9.78 Å². The summed E-state index contributed by atoms with van der Waals surface area (Å²) >= 11 is 3.45. The van der Waals surface area contributed by atoms with E-state index in [1.165, 1.54) is 0 Å². The molecular weight excluding hydrogens is 278 g/mol. The third kappa shape index (κ3) is 2.25. The molecule has 17 heavy (non-hydrogen) atoms. The molecule has 3 nitrogen and oxygen atoms in total. The summed E-state index contributed by atoms with van der Waals surface area (Å²) in [7, 11) is 0. The van der Waals surface area contributed by atoms with Gasteiger partial charge in [-0.05, 0) is 32.0 Å². The summed E-state index contributed by atoms with van der Waals surface area (Å²) in [5, 5.41) is 13.3. The van der Waals surface area contributed by atoms with E-state index in [0.29, 0.717) is 6.42 Å². The highest BCUT2D eigenvalue weighted by Crippen LogP contribution is 2.20. The van der Waals surface area contributed by atoms with Crippen LogP contribution in [0.15, 0.2) is 28.7 Å². The predicted molar refractivity (Wildman–Crippen MR) is 70.1 cm³/mol. The zero-order chi connectivity index (χ0) is 12.4. The predicted octanol–water partition coefficient (Wildman–Crippen LogP) is 3.32. The standard InChI is InChI=1S/C13H12BrN3/c1-9-13(6-7-15)10(2)17(16-9)12-5-3-4-11(14)8-12/h3-5,8H,6H2,1-2H3. The maximum atomic E-state index is 8.80. The number of aryl methyl sites for hydroxylation is 1. The minimum atomic E-state index is 0.408. The van der Waals surface area contributed by atoms with Crippen LogP contribution in [0.1, 0.15) is 17.0 Å². The maximum Gasteiger partial charge on any atom is 0.0671 e. The molecular formula is C13H12BrN3. The van der Waals surface area contributed by atoms with Gasteiger partial charge in [-0.3, -0.25) is 0 Å². The Labute approximate surface area is 109 Å². The van der Waals surface area contributed by atoms with Crippen molar-refractivity contribution in [3.05, 3.63) is 45.7 Å². The van der Waals surface area contributed by atoms with Gasteiger partial charge in [0, 0.05) is 15.7 Å². The molecule has 1 aromatic heterocycles. The number of halogens is 1. The first-order chi connectivity index (χ1) is 8.13. The van der Waals surface area contributed by atoms with Gasteiger partial charge < -0.3 is 0 Å². The smallest absolute Gasteiger partial charge is 0.0671 e. The zero-order valence-electron chi connectivity index (χ0n) is 9.74. The number of nitrogens with zero attached hydrogens (tertiary/aromatic N) is 3. The van der Waals surface area contributed by atoms with E-state index in [9.17, 15) is 0 Å². The van der Waals surface area contributed by atoms with Crippen LogP contribution in [0, 0.1) is 25.2 Å². The second kappa shape index (κ2) is 4.72. The normalized spacial score (nSPS) is 10.2. The van der Waals surface area contributed by atoms with Crippen LogP contribution in [0.3, 0.4) is 0 Å². The van der Waals surface area contributed by atoms with Crippen LogP contribution in [-0.2, 0) is 6.42 Å². The fraction of sp³-hybridized carbons (Fsp3) is 0.231. The lowest BCUT2D eigenvalue weighted by Crippen LogP contribution is -1.99. The fourth-order valence-electron chi connectivity index (χ4n) is 1.87. The van der Waals surface area contributed by atoms with E-state index in [1.807, 2.05) is 42.8 Å². The van der Waals surface area contributed by atoms with Crippen molar-refractivity contribution in [2.75, 3.05) is 0 Å². The molecule has 0 radical (unpaired) electrons. The third-order valence-electron chi connectivity index (χ3n) is 2.75. The van der Waals surface area contributed by atoms with E-state index >= 15 is 0 Å². The molecule has 0 N–H and O–H groups in total. The van der Waals surface area contributed by atoms with Crippen molar-refractivity contribution in [3.63, 3.8) is 0 Å². The molecule has 2 aromatic rings. The van der Waals surface area contributed by atoms with Crippen molar-refractivity contribution in [3.8, 4) is 11.8 Å². The number of hydrogen-bond donors (Lipinski definition) is 0. The first-order valence-electron chi connectivity index (χ1n) is 5.31. The Bertz CT molecular complexity index is 593. The van der Waals surface area contributed by atoms with E-state index in [0.717, 1.165) is 27.1 Å². The molecule has 0 aliphatic rings. The number of nitriles is 1. The second-order valence-corrected chi connectivity index (χ2v) is 4.79. The van der Waals surface area contributed by atoms with Crippen LogP contribution in [0.4, 0.5) is 0 Å². The Morgan fingerprint density at radius 1 is 1.41 bits per heavy atom. The quantitative estimate of drug-likeness (QED) is 0.851. The monoisotopic (exact) mass is 289 g/mol. The summed E-state index contributed by atoms with van der Waals surface area (Å²) in [5.74, 6) is 0. The summed E-state index contributed by atoms with van der Waals surface area (Å²) in [5.41, 5.74) is 3.97. The molecule has 86 valence electrons. The highest BCUT2D eigenvalue weighted by Gasteiger charge is 2.12. The summed E-state index contributed by atoms with van der Waals surface area (Å²) < 4.78 is 2.90. The molecule has 4 heteroatoms. The Morgan fingerprint density at radius 2 is 2.18 bits per heavy atom. The van der Waals surface area contributed by atoms with Crippen molar-refractivity contribution in [2.45, 2.75) is 20.3 Å². The summed E-state index contributed by atoms with van der Waals surface area (Å²) in [6.45, 7) is 3.93. The molecule has 0 fully saturated rings. The van der Waals surface area contributed by atoms with Gasteiger partial charge in [0.15, 0.2) is 0 Å². The molecule has 0 aliphatic carbocycles. The Morgan fingerprint density at radius 3 is 2.82 bits per heavy atom. The summed E-state index contributed by atoms with van der Waals surface area (Å²) in [6.07, 6.45) is 0.408. The van der Waals surface area contributed by atoms with Crippen molar-refractivity contribution in [2.24, 2.45) is 0 Å². The van der Waals surface area contributed by atoms with E-state index in [2.05, 4.69) is 27.1 Å². The lowest BCUT2D eigenvalue weighted by molar-refractivity contribution is 0.832. The van der Waals surface area contributed by atoms with Crippen LogP contribution >= 0.6 is 15.9 Å². The number of rotatable bonds is 2. The molecule has 1 heterocycles. The lowest BCUT2D eigenvalue weighted by Gasteiger charge is -2.04.